The van der Waals surface area contributed by atoms with Gasteiger partial charge in [-0.3, -0.25) is 4.79 Å². The predicted molar refractivity (Wildman–Crippen MR) is 46.5 cm³/mol. The first-order chi connectivity index (χ1) is 6.93. The molecule has 0 saturated carbocycles. The molecule has 1 unspecified atom stereocenters. The zero-order valence-corrected chi connectivity index (χ0v) is 8.34. The number of rotatable bonds is 3. The summed E-state index contributed by atoms with van der Waals surface area (Å²) < 4.78 is 55.2. The molecule has 0 fully saturated rings. The standard InChI is InChI=1S/C8H5F4O2P/c9-3-1-4(10)7(12)8(6(3)11)14-2-5(13)15/h1H,2,15H2. The van der Waals surface area contributed by atoms with Crippen LogP contribution in [0.3, 0.4) is 0 Å². The lowest BCUT2D eigenvalue weighted by atomic mass is 10.3. The molecule has 82 valence electrons. The molecular weight excluding hydrogens is 235 g/mol. The number of benzene rings is 1. The van der Waals surface area contributed by atoms with Gasteiger partial charge in [-0.25, -0.2) is 8.78 Å². The summed E-state index contributed by atoms with van der Waals surface area (Å²) in [4.78, 5) is 10.4. The minimum atomic E-state index is -1.67. The van der Waals surface area contributed by atoms with Gasteiger partial charge in [0.15, 0.2) is 29.5 Å². The van der Waals surface area contributed by atoms with E-state index < -0.39 is 41.1 Å². The average molecular weight is 240 g/mol. The minimum Gasteiger partial charge on any atom is -0.479 e. The van der Waals surface area contributed by atoms with Gasteiger partial charge in [0.2, 0.25) is 11.6 Å². The Morgan fingerprint density at radius 2 is 1.67 bits per heavy atom. The molecule has 0 radical (unpaired) electrons. The monoisotopic (exact) mass is 240 g/mol. The first kappa shape index (κ1) is 11.9. The summed E-state index contributed by atoms with van der Waals surface area (Å²) in [6, 6.07) is 0.0556. The Morgan fingerprint density at radius 1 is 1.20 bits per heavy atom. The molecule has 0 N–H and O–H groups in total. The molecule has 0 spiro atoms. The van der Waals surface area contributed by atoms with E-state index in [9.17, 15) is 22.4 Å². The second-order valence-electron chi connectivity index (χ2n) is 2.55. The fourth-order valence-corrected chi connectivity index (χ4v) is 0.905. The van der Waals surface area contributed by atoms with Gasteiger partial charge in [-0.05, 0) is 0 Å². The summed E-state index contributed by atoms with van der Waals surface area (Å²) in [6.45, 7) is -0.693. The van der Waals surface area contributed by atoms with Crippen LogP contribution in [-0.4, -0.2) is 12.1 Å². The molecule has 1 aromatic carbocycles. The zero-order valence-electron chi connectivity index (χ0n) is 7.19. The lowest BCUT2D eigenvalue weighted by Crippen LogP contribution is -2.08. The van der Waals surface area contributed by atoms with Crippen molar-refractivity contribution in [2.75, 3.05) is 6.61 Å². The van der Waals surface area contributed by atoms with Crippen LogP contribution in [0, 0.1) is 23.3 Å². The largest absolute Gasteiger partial charge is 0.479 e. The predicted octanol–water partition coefficient (Wildman–Crippen LogP) is 2.02. The maximum Gasteiger partial charge on any atom is 0.203 e. The molecule has 0 aromatic heterocycles. The molecule has 1 atom stereocenters. The average Bonchev–Trinajstić information content (AvgIpc) is 2.14. The van der Waals surface area contributed by atoms with Crippen LogP contribution in [0.4, 0.5) is 17.6 Å². The van der Waals surface area contributed by atoms with Gasteiger partial charge in [0.25, 0.3) is 0 Å². The van der Waals surface area contributed by atoms with Crippen molar-refractivity contribution in [2.45, 2.75) is 0 Å². The Hall–Kier alpha value is -1.16. The normalized spacial score (nSPS) is 10.2. The summed E-state index contributed by atoms with van der Waals surface area (Å²) in [7, 11) is 1.69. The molecular formula is C8H5F4O2P. The summed E-state index contributed by atoms with van der Waals surface area (Å²) in [5.41, 5.74) is -0.613. The van der Waals surface area contributed by atoms with E-state index in [0.29, 0.717) is 0 Å². The van der Waals surface area contributed by atoms with E-state index in [2.05, 4.69) is 4.74 Å². The van der Waals surface area contributed by atoms with E-state index in [1.165, 1.54) is 0 Å². The van der Waals surface area contributed by atoms with Crippen molar-refractivity contribution in [3.63, 3.8) is 0 Å². The van der Waals surface area contributed by atoms with Crippen LogP contribution >= 0.6 is 9.24 Å². The van der Waals surface area contributed by atoms with Gasteiger partial charge in [0, 0.05) is 6.07 Å². The van der Waals surface area contributed by atoms with Crippen LogP contribution in [0.15, 0.2) is 6.07 Å². The molecule has 15 heavy (non-hydrogen) atoms. The van der Waals surface area contributed by atoms with Crippen LogP contribution in [0.1, 0.15) is 0 Å². The van der Waals surface area contributed by atoms with Crippen molar-refractivity contribution in [1.29, 1.82) is 0 Å². The maximum absolute atomic E-state index is 12.9. The number of carbonyl (C=O) groups excluding carboxylic acids is 1. The Kier molecular flexibility index (Phi) is 3.63. The second kappa shape index (κ2) is 4.57. The van der Waals surface area contributed by atoms with Crippen LogP contribution in [0.25, 0.3) is 0 Å². The SMILES string of the molecule is O=C(P)COc1c(F)c(F)cc(F)c1F. The van der Waals surface area contributed by atoms with Gasteiger partial charge >= 0.3 is 0 Å². The highest BCUT2D eigenvalue weighted by molar-refractivity contribution is 7.40. The molecule has 0 bridgehead atoms. The lowest BCUT2D eigenvalue weighted by molar-refractivity contribution is -0.112. The van der Waals surface area contributed by atoms with E-state index in [1.54, 1.807) is 9.24 Å². The highest BCUT2D eigenvalue weighted by Gasteiger charge is 2.20. The number of carbonyl (C=O) groups is 1. The third-order valence-corrected chi connectivity index (χ3v) is 1.60. The van der Waals surface area contributed by atoms with E-state index in [0.717, 1.165) is 0 Å². The molecule has 0 aliphatic rings. The van der Waals surface area contributed by atoms with Crippen LogP contribution in [0.5, 0.6) is 5.75 Å². The van der Waals surface area contributed by atoms with Crippen LogP contribution in [0.2, 0.25) is 0 Å². The summed E-state index contributed by atoms with van der Waals surface area (Å²) >= 11 is 0. The second-order valence-corrected chi connectivity index (χ2v) is 3.20. The van der Waals surface area contributed by atoms with Crippen LogP contribution < -0.4 is 4.74 Å². The molecule has 2 nitrogen and oxygen atoms in total. The Labute approximate surface area is 84.4 Å². The number of hydrogen-bond donors (Lipinski definition) is 0. The third kappa shape index (κ3) is 2.65. The number of hydrogen-bond acceptors (Lipinski definition) is 2. The quantitative estimate of drug-likeness (QED) is 0.459. The fourth-order valence-electron chi connectivity index (χ4n) is 0.821. The van der Waals surface area contributed by atoms with Gasteiger partial charge in [-0.2, -0.15) is 8.78 Å². The van der Waals surface area contributed by atoms with Crippen molar-refractivity contribution >= 4 is 14.8 Å². The van der Waals surface area contributed by atoms with Crippen molar-refractivity contribution in [1.82, 2.24) is 0 Å². The first-order valence-electron chi connectivity index (χ1n) is 3.67. The minimum absolute atomic E-state index is 0.0556. The molecule has 0 aliphatic carbocycles. The zero-order chi connectivity index (χ0) is 11.6. The molecule has 0 amide bonds. The van der Waals surface area contributed by atoms with Crippen molar-refractivity contribution in [2.24, 2.45) is 0 Å². The van der Waals surface area contributed by atoms with E-state index in [4.69, 9.17) is 0 Å². The molecule has 0 heterocycles. The number of ether oxygens (including phenoxy) is 1. The molecule has 1 aromatic rings. The van der Waals surface area contributed by atoms with Crippen molar-refractivity contribution in [3.8, 4) is 5.75 Å². The van der Waals surface area contributed by atoms with Gasteiger partial charge in [0.1, 0.15) is 0 Å². The summed E-state index contributed by atoms with van der Waals surface area (Å²) in [5, 5.41) is 0. The Balaban J connectivity index is 3.09. The highest BCUT2D eigenvalue weighted by Crippen LogP contribution is 2.26. The number of halogens is 4. The van der Waals surface area contributed by atoms with Crippen LogP contribution in [-0.2, 0) is 4.79 Å². The Morgan fingerprint density at radius 3 is 2.07 bits per heavy atom. The fraction of sp³-hybridized carbons (Fsp3) is 0.125. The molecule has 7 heteroatoms. The van der Waals surface area contributed by atoms with Crippen molar-refractivity contribution in [3.05, 3.63) is 29.3 Å². The van der Waals surface area contributed by atoms with Gasteiger partial charge in [-0.1, -0.05) is 9.24 Å². The van der Waals surface area contributed by atoms with Crippen molar-refractivity contribution < 1.29 is 27.1 Å². The van der Waals surface area contributed by atoms with Gasteiger partial charge < -0.3 is 4.74 Å². The smallest absolute Gasteiger partial charge is 0.203 e. The third-order valence-electron chi connectivity index (χ3n) is 1.43. The van der Waals surface area contributed by atoms with E-state index in [1.807, 2.05) is 0 Å². The Bertz CT molecular complexity index is 382. The molecule has 0 aliphatic heterocycles. The molecule has 0 saturated heterocycles. The lowest BCUT2D eigenvalue weighted by Gasteiger charge is -2.07. The van der Waals surface area contributed by atoms with Gasteiger partial charge in [0.05, 0.1) is 0 Å². The highest BCUT2D eigenvalue weighted by atomic mass is 31.0. The first-order valence-corrected chi connectivity index (χ1v) is 4.25. The van der Waals surface area contributed by atoms with Gasteiger partial charge in [-0.15, -0.1) is 0 Å². The van der Waals surface area contributed by atoms with E-state index in [-0.39, 0.29) is 6.07 Å². The topological polar surface area (TPSA) is 26.3 Å². The maximum atomic E-state index is 12.9. The van der Waals surface area contributed by atoms with E-state index >= 15 is 0 Å². The molecule has 1 rings (SSSR count). The summed E-state index contributed by atoms with van der Waals surface area (Å²) in [5.74, 6) is -7.73. The summed E-state index contributed by atoms with van der Waals surface area (Å²) in [6.07, 6.45) is 0.